The van der Waals surface area contributed by atoms with Gasteiger partial charge in [0.2, 0.25) is 0 Å². The maximum atomic E-state index is 13.5. The molecule has 1 aliphatic heterocycles. The normalized spacial score (nSPS) is 14.4. The van der Waals surface area contributed by atoms with Crippen LogP contribution in [0.5, 0.6) is 0 Å². The van der Waals surface area contributed by atoms with Crippen molar-refractivity contribution in [3.8, 4) is 11.4 Å². The van der Waals surface area contributed by atoms with Crippen LogP contribution in [0.2, 0.25) is 0 Å². The monoisotopic (exact) mass is 552 g/mol. The quantitative estimate of drug-likeness (QED) is 0.235. The number of likely N-dealkylation sites (tertiary alicyclic amines) is 1. The fraction of sp³-hybridized carbons (Fsp3) is 0.533. The summed E-state index contributed by atoms with van der Waals surface area (Å²) >= 11 is 3.56. The summed E-state index contributed by atoms with van der Waals surface area (Å²) in [5, 5.41) is 0. The second-order valence-electron chi connectivity index (χ2n) is 10.1. The van der Waals surface area contributed by atoms with E-state index in [1.54, 1.807) is 0 Å². The van der Waals surface area contributed by atoms with Crippen molar-refractivity contribution in [2.45, 2.75) is 71.8 Å². The molecule has 1 amide bonds. The molecule has 1 fully saturated rings. The van der Waals surface area contributed by atoms with Crippen molar-refractivity contribution in [2.75, 3.05) is 32.7 Å². The molecule has 0 N–H and O–H groups in total. The van der Waals surface area contributed by atoms with Gasteiger partial charge in [-0.15, -0.1) is 0 Å². The molecule has 36 heavy (non-hydrogen) atoms. The molecule has 194 valence electrons. The van der Waals surface area contributed by atoms with E-state index in [-0.39, 0.29) is 5.91 Å². The van der Waals surface area contributed by atoms with E-state index in [2.05, 4.69) is 69.6 Å². The second-order valence-corrected chi connectivity index (χ2v) is 11.0. The first-order chi connectivity index (χ1) is 17.6. The number of amides is 1. The molecule has 4 rings (SSSR count). The topological polar surface area (TPSA) is 41.4 Å². The van der Waals surface area contributed by atoms with Crippen molar-refractivity contribution in [1.29, 1.82) is 0 Å². The lowest BCUT2D eigenvalue weighted by Crippen LogP contribution is -2.33. The Balaban J connectivity index is 1.64. The van der Waals surface area contributed by atoms with Crippen LogP contribution in [-0.4, -0.2) is 58.0 Å². The molecule has 1 saturated heterocycles. The highest BCUT2D eigenvalue weighted by atomic mass is 79.9. The van der Waals surface area contributed by atoms with Gasteiger partial charge in [0.15, 0.2) is 0 Å². The largest absolute Gasteiger partial charge is 0.339 e. The summed E-state index contributed by atoms with van der Waals surface area (Å²) in [6.07, 6.45) is 9.34. The van der Waals surface area contributed by atoms with Crippen LogP contribution < -0.4 is 0 Å². The Hall–Kier alpha value is -2.18. The van der Waals surface area contributed by atoms with Crippen LogP contribution in [0.25, 0.3) is 22.4 Å². The minimum Gasteiger partial charge on any atom is -0.339 e. The SMILES string of the molecule is CCCCN(CCCC)C(=O)c1ccc2nc(-c3ccc(Br)cc3)n(CCCN3CCCCC3)c2c1. The summed E-state index contributed by atoms with van der Waals surface area (Å²) in [4.78, 5) is 23.2. The number of rotatable bonds is 12. The Bertz CT molecular complexity index is 1110. The van der Waals surface area contributed by atoms with Crippen LogP contribution in [0, 0.1) is 0 Å². The molecule has 0 aliphatic carbocycles. The van der Waals surface area contributed by atoms with Gasteiger partial charge < -0.3 is 14.4 Å². The van der Waals surface area contributed by atoms with Crippen molar-refractivity contribution in [2.24, 2.45) is 0 Å². The number of carbonyl (C=O) groups excluding carboxylic acids is 1. The summed E-state index contributed by atoms with van der Waals surface area (Å²) < 4.78 is 3.40. The Kier molecular flexibility index (Phi) is 9.99. The molecule has 0 atom stereocenters. The number of piperidine rings is 1. The Morgan fingerprint density at radius 3 is 2.28 bits per heavy atom. The minimum absolute atomic E-state index is 0.144. The van der Waals surface area contributed by atoms with E-state index >= 15 is 0 Å². The molecule has 0 saturated carbocycles. The second kappa shape index (κ2) is 13.4. The van der Waals surface area contributed by atoms with Crippen molar-refractivity contribution >= 4 is 32.9 Å². The highest BCUT2D eigenvalue weighted by Crippen LogP contribution is 2.28. The third kappa shape index (κ3) is 6.77. The molecule has 0 radical (unpaired) electrons. The van der Waals surface area contributed by atoms with Crippen molar-refractivity contribution in [3.63, 3.8) is 0 Å². The van der Waals surface area contributed by atoms with E-state index in [4.69, 9.17) is 4.98 Å². The van der Waals surface area contributed by atoms with Gasteiger partial charge in [-0.25, -0.2) is 4.98 Å². The molecule has 1 aromatic heterocycles. The molecule has 0 spiro atoms. The van der Waals surface area contributed by atoms with E-state index in [0.29, 0.717) is 0 Å². The fourth-order valence-electron chi connectivity index (χ4n) is 5.13. The van der Waals surface area contributed by atoms with Crippen LogP contribution in [0.15, 0.2) is 46.9 Å². The molecule has 5 nitrogen and oxygen atoms in total. The molecule has 2 aromatic carbocycles. The van der Waals surface area contributed by atoms with Crippen LogP contribution in [0.4, 0.5) is 0 Å². The smallest absolute Gasteiger partial charge is 0.253 e. The van der Waals surface area contributed by atoms with Crippen LogP contribution in [0.1, 0.15) is 75.6 Å². The number of nitrogens with zero attached hydrogens (tertiary/aromatic N) is 4. The zero-order valence-corrected chi connectivity index (χ0v) is 23.6. The highest BCUT2D eigenvalue weighted by molar-refractivity contribution is 9.10. The number of aryl methyl sites for hydroxylation is 1. The van der Waals surface area contributed by atoms with E-state index in [9.17, 15) is 4.79 Å². The summed E-state index contributed by atoms with van der Waals surface area (Å²) in [6, 6.07) is 14.5. The van der Waals surface area contributed by atoms with Crippen molar-refractivity contribution in [1.82, 2.24) is 19.4 Å². The molecule has 6 heteroatoms. The van der Waals surface area contributed by atoms with Crippen molar-refractivity contribution in [3.05, 3.63) is 52.5 Å². The van der Waals surface area contributed by atoms with E-state index in [1.165, 1.54) is 32.4 Å². The number of hydrogen-bond donors (Lipinski definition) is 0. The van der Waals surface area contributed by atoms with Gasteiger partial charge in [-0.3, -0.25) is 4.79 Å². The first-order valence-corrected chi connectivity index (χ1v) is 14.7. The number of benzene rings is 2. The lowest BCUT2D eigenvalue weighted by atomic mass is 10.1. The van der Waals surface area contributed by atoms with Crippen LogP contribution >= 0.6 is 15.9 Å². The predicted molar refractivity (Wildman–Crippen MR) is 153 cm³/mol. The van der Waals surface area contributed by atoms with E-state index in [1.807, 2.05) is 17.0 Å². The van der Waals surface area contributed by atoms with Gasteiger partial charge in [0.05, 0.1) is 11.0 Å². The number of hydrogen-bond acceptors (Lipinski definition) is 3. The number of halogens is 1. The summed E-state index contributed by atoms with van der Waals surface area (Å²) in [5.41, 5.74) is 3.89. The van der Waals surface area contributed by atoms with Gasteiger partial charge in [0, 0.05) is 35.2 Å². The third-order valence-corrected chi connectivity index (χ3v) is 7.78. The van der Waals surface area contributed by atoms with Crippen molar-refractivity contribution < 1.29 is 4.79 Å². The molecule has 2 heterocycles. The fourth-order valence-corrected chi connectivity index (χ4v) is 5.40. The third-order valence-electron chi connectivity index (χ3n) is 7.25. The number of carbonyl (C=O) groups is 1. The molecular weight excluding hydrogens is 512 g/mol. The standard InChI is InChI=1S/C30H41BrN4O/c1-3-5-20-34(21-6-4-2)30(36)25-13-16-27-28(23-25)35(22-10-19-33-17-8-7-9-18-33)29(32-27)24-11-14-26(31)15-12-24/h11-16,23H,3-10,17-22H2,1-2H3. The maximum Gasteiger partial charge on any atom is 0.253 e. The highest BCUT2D eigenvalue weighted by Gasteiger charge is 2.19. The Morgan fingerprint density at radius 2 is 1.61 bits per heavy atom. The van der Waals surface area contributed by atoms with Gasteiger partial charge in [-0.1, -0.05) is 61.2 Å². The molecular formula is C30H41BrN4O. The predicted octanol–water partition coefficient (Wildman–Crippen LogP) is 7.38. The number of unbranched alkanes of at least 4 members (excludes halogenated alkanes) is 2. The van der Waals surface area contributed by atoms with Gasteiger partial charge in [0.25, 0.3) is 5.91 Å². The van der Waals surface area contributed by atoms with Gasteiger partial charge >= 0.3 is 0 Å². The molecule has 0 unspecified atom stereocenters. The van der Waals surface area contributed by atoms with E-state index in [0.717, 1.165) is 90.7 Å². The van der Waals surface area contributed by atoms with Crippen LogP contribution in [0.3, 0.4) is 0 Å². The number of aromatic nitrogens is 2. The number of fused-ring (bicyclic) bond motifs is 1. The zero-order chi connectivity index (χ0) is 25.3. The van der Waals surface area contributed by atoms with E-state index < -0.39 is 0 Å². The lowest BCUT2D eigenvalue weighted by molar-refractivity contribution is 0.0751. The average molecular weight is 554 g/mol. The molecule has 1 aliphatic rings. The Labute approximate surface area is 225 Å². The van der Waals surface area contributed by atoms with Crippen LogP contribution in [-0.2, 0) is 6.54 Å². The minimum atomic E-state index is 0.144. The number of imidazole rings is 1. The summed E-state index contributed by atoms with van der Waals surface area (Å²) in [6.45, 7) is 10.5. The van der Waals surface area contributed by atoms with Gasteiger partial charge in [-0.05, 0) is 82.1 Å². The summed E-state index contributed by atoms with van der Waals surface area (Å²) in [5.74, 6) is 1.12. The first kappa shape index (κ1) is 26.9. The molecule has 3 aromatic rings. The Morgan fingerprint density at radius 1 is 0.917 bits per heavy atom. The first-order valence-electron chi connectivity index (χ1n) is 13.9. The zero-order valence-electron chi connectivity index (χ0n) is 22.0. The average Bonchev–Trinajstić information content (AvgIpc) is 3.27. The maximum absolute atomic E-state index is 13.5. The van der Waals surface area contributed by atoms with Gasteiger partial charge in [0.1, 0.15) is 5.82 Å². The lowest BCUT2D eigenvalue weighted by Gasteiger charge is -2.26. The molecule has 0 bridgehead atoms. The van der Waals surface area contributed by atoms with Gasteiger partial charge in [-0.2, -0.15) is 0 Å². The summed E-state index contributed by atoms with van der Waals surface area (Å²) in [7, 11) is 0.